The molecular formula is C53H75N15O12S2. The maximum atomic E-state index is 14.4. The van der Waals surface area contributed by atoms with Crippen molar-refractivity contribution in [1.82, 2.24) is 78.0 Å². The Morgan fingerprint density at radius 3 is 2.00 bits per heavy atom. The molecule has 12 N–H and O–H groups in total. The van der Waals surface area contributed by atoms with Crippen LogP contribution in [0, 0.1) is 5.92 Å². The van der Waals surface area contributed by atoms with E-state index < -0.39 is 133 Å². The van der Waals surface area contributed by atoms with Gasteiger partial charge in [0, 0.05) is 68.4 Å². The molecule has 3 aromatic heterocycles. The highest BCUT2D eigenvalue weighted by Crippen LogP contribution is 2.33. The van der Waals surface area contributed by atoms with Gasteiger partial charge < -0.3 is 68.2 Å². The van der Waals surface area contributed by atoms with E-state index in [1.807, 2.05) is 0 Å². The zero-order valence-electron chi connectivity index (χ0n) is 46.2. The number of nitrogens with zero attached hydrogens (tertiary/aromatic N) is 4. The van der Waals surface area contributed by atoms with Gasteiger partial charge >= 0.3 is 5.97 Å². The van der Waals surface area contributed by atoms with Crippen LogP contribution in [-0.2, 0) is 72.0 Å². The lowest BCUT2D eigenvalue weighted by Crippen LogP contribution is -2.59. The van der Waals surface area contributed by atoms with E-state index in [-0.39, 0.29) is 76.3 Å². The summed E-state index contributed by atoms with van der Waals surface area (Å²) in [4.78, 5) is 169. The van der Waals surface area contributed by atoms with Crippen LogP contribution >= 0.6 is 23.1 Å². The maximum absolute atomic E-state index is 14.4. The van der Waals surface area contributed by atoms with Gasteiger partial charge in [0.05, 0.1) is 30.1 Å². The smallest absolute Gasteiger partial charge is 0.303 e. The van der Waals surface area contributed by atoms with Crippen LogP contribution in [0.5, 0.6) is 0 Å². The standard InChI is InChI=1S/C53H75N15O12S2/c1-4-34-45(72)58-26-43(69)61-35(13-14-44(70)71)47(74)63-36(15-19-81-3)48(75)65-39(20-30-11-12-30)49(76)64-38(21-31-8-5-16-55-24-31)46(73)57-17-6-9-37(54-2)53(80)68-18-7-10-42(68)52(79)67-41(23-33-27-82-29-60-33)51(78)66-40(50(77)62-34)22-32-25-56-28-59-32/h5,8,16,24-25,27-30,34-42,54H,4,6-7,9-15,17-23,26H2,1-3H3,(H,56,59)(H,57,73)(H,58,72)(H,61,69)(H,62,77)(H,63,74)(H,64,76)(H,65,75)(H,66,78)(H,67,79)(H,70,71)/t34-,35-,36-,37-,38?,39-,40-,41-,42+/m0/s1. The number of carboxylic acid groups (broad SMARTS) is 1. The van der Waals surface area contributed by atoms with Crippen molar-refractivity contribution in [3.05, 3.63) is 64.9 Å². The Kier molecular flexibility index (Phi) is 25.0. The Labute approximate surface area is 482 Å². The third-order valence-corrected chi connectivity index (χ3v) is 15.6. The lowest BCUT2D eigenvalue weighted by atomic mass is 10.0. The molecule has 0 bridgehead atoms. The minimum absolute atomic E-state index is 0.00471. The highest BCUT2D eigenvalue weighted by molar-refractivity contribution is 7.98. The molecule has 1 saturated carbocycles. The first-order valence-electron chi connectivity index (χ1n) is 27.5. The zero-order valence-corrected chi connectivity index (χ0v) is 47.8. The molecule has 2 aliphatic heterocycles. The molecular weight excluding hydrogens is 1100 g/mol. The number of hydrogen-bond acceptors (Lipinski definition) is 17. The molecule has 1 unspecified atom stereocenters. The number of carbonyl (C=O) groups is 11. The number of aromatic nitrogens is 4. The number of thiazole rings is 1. The van der Waals surface area contributed by atoms with E-state index in [1.54, 1.807) is 55.6 Å². The summed E-state index contributed by atoms with van der Waals surface area (Å²) in [7, 11) is 1.61. The Morgan fingerprint density at radius 2 is 1.37 bits per heavy atom. The van der Waals surface area contributed by atoms with Crippen molar-refractivity contribution >= 4 is 88.1 Å². The number of aromatic amines is 1. The van der Waals surface area contributed by atoms with Gasteiger partial charge in [-0.25, -0.2) is 9.97 Å². The SMILES string of the molecule is CC[C@@H]1NC(=O)[C@H](Cc2cnc[nH]2)NC(=O)[C@H](Cc2cscn2)NC(=O)[C@H]2CCCN2C(=O)[C@@H](NC)CCCNC(=O)C(Cc2cccnc2)NC(=O)[C@H](CC2CC2)NC(=O)[C@H](CCSC)NC(=O)[C@H](CCC(=O)O)NC(=O)CNC1=O. The largest absolute Gasteiger partial charge is 0.481 e. The molecule has 0 spiro atoms. The molecule has 5 heterocycles. The molecule has 3 aromatic rings. The topological polar surface area (TPSA) is 386 Å². The predicted octanol–water partition coefficient (Wildman–Crippen LogP) is -1.88. The number of carboxylic acids is 1. The number of rotatable bonds is 16. The van der Waals surface area contributed by atoms with Crippen molar-refractivity contribution in [2.75, 3.05) is 38.7 Å². The molecule has 27 nitrogen and oxygen atoms in total. The molecule has 29 heteroatoms. The minimum atomic E-state index is -1.51. The molecule has 6 rings (SSSR count). The highest BCUT2D eigenvalue weighted by atomic mass is 32.2. The van der Waals surface area contributed by atoms with Gasteiger partial charge in [-0.2, -0.15) is 11.8 Å². The summed E-state index contributed by atoms with van der Waals surface area (Å²) >= 11 is 2.64. The molecule has 3 aliphatic rings. The van der Waals surface area contributed by atoms with Crippen molar-refractivity contribution in [1.29, 1.82) is 0 Å². The first-order valence-corrected chi connectivity index (χ1v) is 29.9. The van der Waals surface area contributed by atoms with Crippen LogP contribution < -0.4 is 53.2 Å². The number of H-pyrrole nitrogens is 1. The molecule has 1 aliphatic carbocycles. The summed E-state index contributed by atoms with van der Waals surface area (Å²) in [6, 6.07) is -7.35. The first-order chi connectivity index (χ1) is 39.5. The van der Waals surface area contributed by atoms with E-state index in [1.165, 1.54) is 40.5 Å². The van der Waals surface area contributed by atoms with Gasteiger partial charge in [-0.15, -0.1) is 11.3 Å². The summed E-state index contributed by atoms with van der Waals surface area (Å²) in [6.07, 6.45) is 9.71. The van der Waals surface area contributed by atoms with Crippen LogP contribution in [0.1, 0.15) is 94.5 Å². The third-order valence-electron chi connectivity index (χ3n) is 14.3. The van der Waals surface area contributed by atoms with Crippen molar-refractivity contribution in [2.24, 2.45) is 5.92 Å². The average molecular weight is 1180 g/mol. The maximum Gasteiger partial charge on any atom is 0.303 e. The number of aliphatic carboxylic acids is 1. The molecule has 10 amide bonds. The Morgan fingerprint density at radius 1 is 0.720 bits per heavy atom. The molecule has 82 heavy (non-hydrogen) atoms. The van der Waals surface area contributed by atoms with E-state index in [0.29, 0.717) is 35.5 Å². The van der Waals surface area contributed by atoms with Crippen molar-refractivity contribution in [3.8, 4) is 0 Å². The summed E-state index contributed by atoms with van der Waals surface area (Å²) in [5, 5.41) is 38.5. The van der Waals surface area contributed by atoms with Gasteiger partial charge in [0.1, 0.15) is 48.3 Å². The van der Waals surface area contributed by atoms with E-state index in [2.05, 4.69) is 73.1 Å². The second-order valence-electron chi connectivity index (χ2n) is 20.5. The highest BCUT2D eigenvalue weighted by Gasteiger charge is 2.40. The molecule has 3 fully saturated rings. The van der Waals surface area contributed by atoms with Gasteiger partial charge in [0.15, 0.2) is 0 Å². The average Bonchev–Trinajstić information content (AvgIpc) is 3.85. The zero-order chi connectivity index (χ0) is 59.1. The quantitative estimate of drug-likeness (QED) is 0.0747. The molecule has 2 saturated heterocycles. The fraction of sp³-hybridized carbons (Fsp3) is 0.585. The number of carbonyl (C=O) groups excluding carboxylic acids is 10. The number of amides is 10. The summed E-state index contributed by atoms with van der Waals surface area (Å²) in [5.41, 5.74) is 3.09. The van der Waals surface area contributed by atoms with E-state index in [9.17, 15) is 57.8 Å². The van der Waals surface area contributed by atoms with Crippen LogP contribution in [0.3, 0.4) is 0 Å². The number of hydrogen-bond donors (Lipinski definition) is 12. The third kappa shape index (κ3) is 19.9. The minimum Gasteiger partial charge on any atom is -0.481 e. The lowest BCUT2D eigenvalue weighted by molar-refractivity contribution is -0.141. The lowest BCUT2D eigenvalue weighted by Gasteiger charge is -2.30. The summed E-state index contributed by atoms with van der Waals surface area (Å²) < 4.78 is 0. The normalized spacial score (nSPS) is 25.9. The van der Waals surface area contributed by atoms with E-state index >= 15 is 0 Å². The van der Waals surface area contributed by atoms with Crippen molar-refractivity contribution in [2.45, 2.75) is 151 Å². The van der Waals surface area contributed by atoms with Crippen LogP contribution in [-0.4, -0.2) is 188 Å². The second-order valence-corrected chi connectivity index (χ2v) is 22.2. The molecule has 9 atom stereocenters. The molecule has 0 radical (unpaired) electrons. The molecule has 0 aromatic carbocycles. The van der Waals surface area contributed by atoms with Gasteiger partial charge in [-0.05, 0) is 88.0 Å². The Bertz CT molecular complexity index is 2670. The number of imidazole rings is 1. The van der Waals surface area contributed by atoms with Gasteiger partial charge in [0.2, 0.25) is 59.1 Å². The van der Waals surface area contributed by atoms with Gasteiger partial charge in [-0.3, -0.25) is 57.7 Å². The summed E-state index contributed by atoms with van der Waals surface area (Å²) in [6.45, 7) is 1.19. The van der Waals surface area contributed by atoms with E-state index in [4.69, 9.17) is 0 Å². The predicted molar refractivity (Wildman–Crippen MR) is 300 cm³/mol. The number of fused-ring (bicyclic) bond motifs is 1. The first kappa shape index (κ1) is 63.6. The Balaban J connectivity index is 1.29. The van der Waals surface area contributed by atoms with E-state index in [0.717, 1.165) is 12.8 Å². The van der Waals surface area contributed by atoms with Gasteiger partial charge in [0.25, 0.3) is 0 Å². The number of pyridine rings is 1. The fourth-order valence-corrected chi connectivity index (χ4v) is 10.6. The second kappa shape index (κ2) is 32.2. The number of nitrogens with one attached hydrogen (secondary N) is 11. The van der Waals surface area contributed by atoms with Gasteiger partial charge in [-0.1, -0.05) is 25.8 Å². The van der Waals surface area contributed by atoms with Crippen LogP contribution in [0.4, 0.5) is 0 Å². The van der Waals surface area contributed by atoms with Crippen LogP contribution in [0.15, 0.2) is 47.9 Å². The van der Waals surface area contributed by atoms with Crippen molar-refractivity contribution < 1.29 is 57.8 Å². The van der Waals surface area contributed by atoms with Crippen LogP contribution in [0.25, 0.3) is 0 Å². The molecule has 446 valence electrons. The number of likely N-dealkylation sites (N-methyl/N-ethyl adjacent to an activating group) is 1. The Hall–Kier alpha value is -7.53. The summed E-state index contributed by atoms with van der Waals surface area (Å²) in [5.74, 6) is -8.00. The monoisotopic (exact) mass is 1180 g/mol. The fourth-order valence-electron chi connectivity index (χ4n) is 9.56. The van der Waals surface area contributed by atoms with Crippen molar-refractivity contribution in [3.63, 3.8) is 0 Å². The van der Waals surface area contributed by atoms with Crippen LogP contribution in [0.2, 0.25) is 0 Å². The number of thioether (sulfide) groups is 1.